The molecule has 140 valence electrons. The number of fused-ring (bicyclic) bond motifs is 2. The zero-order valence-corrected chi connectivity index (χ0v) is 15.8. The molecule has 1 N–H and O–H groups in total. The Hall–Kier alpha value is -2.24. The summed E-state index contributed by atoms with van der Waals surface area (Å²) in [6, 6.07) is 13.7. The van der Waals surface area contributed by atoms with Crippen LogP contribution in [-0.4, -0.2) is 47.2 Å². The van der Waals surface area contributed by atoms with Gasteiger partial charge < -0.3 is 14.5 Å². The van der Waals surface area contributed by atoms with Crippen LogP contribution in [0.3, 0.4) is 0 Å². The average molecular weight is 384 g/mol. The standard InChI is InChI=1S/C21H22ClN3O2/c22-15-5-6-17-18(11-15)24-21(23-17)14-7-9-25(10-8-14)12-16-13-26-19-3-1-2-4-20(19)27-16/h1-6,11,14,16H,7-10,12-13H2,(H,23,24). The van der Waals surface area contributed by atoms with Crippen LogP contribution in [0.4, 0.5) is 0 Å². The van der Waals surface area contributed by atoms with Crippen molar-refractivity contribution < 1.29 is 9.47 Å². The zero-order chi connectivity index (χ0) is 18.2. The smallest absolute Gasteiger partial charge is 0.161 e. The molecule has 1 unspecified atom stereocenters. The fourth-order valence-electron chi connectivity index (χ4n) is 4.02. The number of piperidine rings is 1. The van der Waals surface area contributed by atoms with Gasteiger partial charge in [-0.1, -0.05) is 23.7 Å². The second kappa shape index (κ2) is 7.06. The number of hydrogen-bond donors (Lipinski definition) is 1. The van der Waals surface area contributed by atoms with E-state index in [-0.39, 0.29) is 6.10 Å². The Morgan fingerprint density at radius 3 is 2.78 bits per heavy atom. The Balaban J connectivity index is 1.19. The summed E-state index contributed by atoms with van der Waals surface area (Å²) in [5.41, 5.74) is 2.01. The molecular formula is C21H22ClN3O2. The van der Waals surface area contributed by atoms with E-state index in [4.69, 9.17) is 26.1 Å². The van der Waals surface area contributed by atoms with Gasteiger partial charge in [-0.2, -0.15) is 0 Å². The molecule has 0 aliphatic carbocycles. The number of aromatic amines is 1. The highest BCUT2D eigenvalue weighted by Gasteiger charge is 2.27. The van der Waals surface area contributed by atoms with Crippen LogP contribution in [-0.2, 0) is 0 Å². The van der Waals surface area contributed by atoms with Gasteiger partial charge in [0.15, 0.2) is 11.5 Å². The average Bonchev–Trinajstić information content (AvgIpc) is 3.11. The van der Waals surface area contributed by atoms with Crippen molar-refractivity contribution in [2.75, 3.05) is 26.2 Å². The molecule has 1 atom stereocenters. The Kier molecular flexibility index (Phi) is 4.42. The molecule has 3 heterocycles. The number of para-hydroxylation sites is 2. The quantitative estimate of drug-likeness (QED) is 0.735. The van der Waals surface area contributed by atoms with Gasteiger partial charge in [-0.05, 0) is 56.3 Å². The van der Waals surface area contributed by atoms with Gasteiger partial charge >= 0.3 is 0 Å². The van der Waals surface area contributed by atoms with E-state index >= 15 is 0 Å². The normalized spacial score (nSPS) is 20.9. The van der Waals surface area contributed by atoms with Gasteiger partial charge in [0.05, 0.1) is 11.0 Å². The minimum absolute atomic E-state index is 0.0878. The molecule has 0 spiro atoms. The molecule has 3 aromatic rings. The van der Waals surface area contributed by atoms with Crippen LogP contribution in [0.5, 0.6) is 11.5 Å². The molecule has 1 aromatic heterocycles. The van der Waals surface area contributed by atoms with Gasteiger partial charge in [0, 0.05) is 17.5 Å². The number of benzene rings is 2. The number of hydrogen-bond acceptors (Lipinski definition) is 4. The molecule has 0 bridgehead atoms. The maximum Gasteiger partial charge on any atom is 0.161 e. The maximum absolute atomic E-state index is 6.10. The molecule has 0 radical (unpaired) electrons. The van der Waals surface area contributed by atoms with E-state index in [0.717, 1.165) is 65.9 Å². The van der Waals surface area contributed by atoms with Gasteiger partial charge in [-0.3, -0.25) is 4.90 Å². The van der Waals surface area contributed by atoms with Crippen LogP contribution < -0.4 is 9.47 Å². The second-order valence-electron chi connectivity index (χ2n) is 7.36. The van der Waals surface area contributed by atoms with E-state index in [1.54, 1.807) is 0 Å². The highest BCUT2D eigenvalue weighted by Crippen LogP contribution is 2.32. The topological polar surface area (TPSA) is 50.4 Å². The number of ether oxygens (including phenoxy) is 2. The van der Waals surface area contributed by atoms with Gasteiger partial charge in [-0.25, -0.2) is 4.98 Å². The Labute approximate surface area is 163 Å². The molecule has 6 heteroatoms. The van der Waals surface area contributed by atoms with Gasteiger partial charge in [0.1, 0.15) is 18.5 Å². The molecule has 2 aromatic carbocycles. The number of likely N-dealkylation sites (tertiary alicyclic amines) is 1. The number of imidazole rings is 1. The number of H-pyrrole nitrogens is 1. The Bertz CT molecular complexity index is 950. The summed E-state index contributed by atoms with van der Waals surface area (Å²) in [6.45, 7) is 3.60. The van der Waals surface area contributed by atoms with Crippen molar-refractivity contribution in [3.8, 4) is 11.5 Å². The molecular weight excluding hydrogens is 362 g/mol. The van der Waals surface area contributed by atoms with Crippen molar-refractivity contribution in [2.45, 2.75) is 24.9 Å². The van der Waals surface area contributed by atoms with Crippen molar-refractivity contribution in [3.63, 3.8) is 0 Å². The summed E-state index contributed by atoms with van der Waals surface area (Å²) in [5.74, 6) is 3.25. The summed E-state index contributed by atoms with van der Waals surface area (Å²) in [4.78, 5) is 10.7. The van der Waals surface area contributed by atoms with Crippen LogP contribution in [0.25, 0.3) is 11.0 Å². The van der Waals surface area contributed by atoms with Crippen LogP contribution in [0.2, 0.25) is 5.02 Å². The number of nitrogens with zero attached hydrogens (tertiary/aromatic N) is 2. The molecule has 2 aliphatic heterocycles. The lowest BCUT2D eigenvalue weighted by atomic mass is 9.96. The van der Waals surface area contributed by atoms with E-state index in [1.807, 2.05) is 42.5 Å². The molecule has 5 rings (SSSR count). The van der Waals surface area contributed by atoms with E-state index in [0.29, 0.717) is 12.5 Å². The van der Waals surface area contributed by atoms with Crippen molar-refractivity contribution in [3.05, 3.63) is 53.3 Å². The minimum Gasteiger partial charge on any atom is -0.486 e. The van der Waals surface area contributed by atoms with Crippen molar-refractivity contribution >= 4 is 22.6 Å². The highest BCUT2D eigenvalue weighted by atomic mass is 35.5. The minimum atomic E-state index is 0.0878. The molecule has 27 heavy (non-hydrogen) atoms. The van der Waals surface area contributed by atoms with Crippen LogP contribution in [0.15, 0.2) is 42.5 Å². The summed E-state index contributed by atoms with van der Waals surface area (Å²) < 4.78 is 11.9. The molecule has 0 saturated carbocycles. The number of aromatic nitrogens is 2. The first-order chi connectivity index (χ1) is 13.2. The van der Waals surface area contributed by atoms with Gasteiger partial charge in [-0.15, -0.1) is 0 Å². The molecule has 1 fully saturated rings. The van der Waals surface area contributed by atoms with E-state index < -0.39 is 0 Å². The SMILES string of the molecule is Clc1ccc2nc(C3CCN(CC4COc5ccccc5O4)CC3)[nH]c2c1. The Morgan fingerprint density at radius 2 is 1.93 bits per heavy atom. The fraction of sp³-hybridized carbons (Fsp3) is 0.381. The first kappa shape index (κ1) is 16.9. The van der Waals surface area contributed by atoms with Crippen molar-refractivity contribution in [1.82, 2.24) is 14.9 Å². The van der Waals surface area contributed by atoms with E-state index in [9.17, 15) is 0 Å². The molecule has 2 aliphatic rings. The lowest BCUT2D eigenvalue weighted by Gasteiger charge is -2.35. The maximum atomic E-state index is 6.10. The fourth-order valence-corrected chi connectivity index (χ4v) is 4.20. The first-order valence-corrected chi connectivity index (χ1v) is 9.88. The third-order valence-corrected chi connectivity index (χ3v) is 5.70. The highest BCUT2D eigenvalue weighted by molar-refractivity contribution is 6.31. The van der Waals surface area contributed by atoms with E-state index in [1.165, 1.54) is 0 Å². The first-order valence-electron chi connectivity index (χ1n) is 9.50. The predicted molar refractivity (Wildman–Crippen MR) is 106 cm³/mol. The van der Waals surface area contributed by atoms with Gasteiger partial charge in [0.2, 0.25) is 0 Å². The number of rotatable bonds is 3. The number of halogens is 1. The third-order valence-electron chi connectivity index (χ3n) is 5.47. The largest absolute Gasteiger partial charge is 0.486 e. The third kappa shape index (κ3) is 3.49. The molecule has 5 nitrogen and oxygen atoms in total. The van der Waals surface area contributed by atoms with Crippen LogP contribution >= 0.6 is 11.6 Å². The van der Waals surface area contributed by atoms with Gasteiger partial charge in [0.25, 0.3) is 0 Å². The zero-order valence-electron chi connectivity index (χ0n) is 15.0. The molecule has 1 saturated heterocycles. The predicted octanol–water partition coefficient (Wildman–Crippen LogP) is 4.24. The van der Waals surface area contributed by atoms with Crippen LogP contribution in [0, 0.1) is 0 Å². The monoisotopic (exact) mass is 383 g/mol. The molecule has 0 amide bonds. The summed E-state index contributed by atoms with van der Waals surface area (Å²) in [5, 5.41) is 0.740. The van der Waals surface area contributed by atoms with Crippen molar-refractivity contribution in [2.24, 2.45) is 0 Å². The summed E-state index contributed by atoms with van der Waals surface area (Å²) >= 11 is 6.08. The lowest BCUT2D eigenvalue weighted by molar-refractivity contribution is 0.0511. The lowest BCUT2D eigenvalue weighted by Crippen LogP contribution is -2.44. The summed E-state index contributed by atoms with van der Waals surface area (Å²) in [6.07, 6.45) is 2.28. The van der Waals surface area contributed by atoms with Crippen molar-refractivity contribution in [1.29, 1.82) is 0 Å². The van der Waals surface area contributed by atoms with Crippen LogP contribution in [0.1, 0.15) is 24.6 Å². The van der Waals surface area contributed by atoms with E-state index in [2.05, 4.69) is 9.88 Å². The number of nitrogens with one attached hydrogen (secondary N) is 1. The Morgan fingerprint density at radius 1 is 1.11 bits per heavy atom. The second-order valence-corrected chi connectivity index (χ2v) is 7.79. The summed E-state index contributed by atoms with van der Waals surface area (Å²) in [7, 11) is 0.